The van der Waals surface area contributed by atoms with Crippen LogP contribution in [0.5, 0.6) is 0 Å². The van der Waals surface area contributed by atoms with Crippen molar-refractivity contribution in [3.63, 3.8) is 0 Å². The first-order valence-electron chi connectivity index (χ1n) is 8.74. The summed E-state index contributed by atoms with van der Waals surface area (Å²) in [6, 6.07) is 0. The quantitative estimate of drug-likeness (QED) is 0.469. The van der Waals surface area contributed by atoms with Crippen LogP contribution in [0.25, 0.3) is 0 Å². The molecular weight excluding hydrogens is 414 g/mol. The van der Waals surface area contributed by atoms with Gasteiger partial charge in [0.1, 0.15) is 0 Å². The van der Waals surface area contributed by atoms with E-state index in [9.17, 15) is 0 Å². The van der Waals surface area contributed by atoms with Gasteiger partial charge in [-0.15, -0.1) is 12.0 Å². The van der Waals surface area contributed by atoms with Gasteiger partial charge in [0.05, 0.1) is 0 Å². The van der Waals surface area contributed by atoms with Gasteiger partial charge in [-0.1, -0.05) is 60.8 Å². The maximum absolute atomic E-state index is 2.68. The summed E-state index contributed by atoms with van der Waals surface area (Å²) >= 11 is 1.55. The summed E-state index contributed by atoms with van der Waals surface area (Å²) in [5.74, 6) is 4.12. The molecule has 0 nitrogen and oxygen atoms in total. The second kappa shape index (κ2) is 10.4. The smallest absolute Gasteiger partial charge is 1.00 e. The summed E-state index contributed by atoms with van der Waals surface area (Å²) in [4.78, 5) is 0. The Kier molecular flexibility index (Phi) is 9.72. The molecule has 0 aromatic rings. The van der Waals surface area contributed by atoms with E-state index < -0.39 is 0 Å². The zero-order chi connectivity index (χ0) is 15.5. The normalized spacial score (nSPS) is 34.8. The van der Waals surface area contributed by atoms with E-state index in [4.69, 9.17) is 0 Å². The molecule has 0 bridgehead atoms. The molecule has 0 radical (unpaired) electrons. The molecule has 0 aromatic heterocycles. The van der Waals surface area contributed by atoms with Gasteiger partial charge in [0.25, 0.3) is 0 Å². The van der Waals surface area contributed by atoms with Gasteiger partial charge in [-0.05, 0) is 24.7 Å². The third-order valence-corrected chi connectivity index (χ3v) is 5.45. The van der Waals surface area contributed by atoms with Gasteiger partial charge >= 0.3 is 41.3 Å². The predicted octanol–water partition coefficient (Wildman–Crippen LogP) is -0.765. The number of allylic oxidation sites excluding steroid dienone is 8. The Labute approximate surface area is 175 Å². The summed E-state index contributed by atoms with van der Waals surface area (Å²) in [7, 11) is 0. The van der Waals surface area contributed by atoms with E-state index in [1.165, 1.54) is 28.9 Å². The van der Waals surface area contributed by atoms with E-state index in [-0.39, 0.29) is 24.8 Å². The van der Waals surface area contributed by atoms with Crippen molar-refractivity contribution in [1.29, 1.82) is 0 Å². The second-order valence-corrected chi connectivity index (χ2v) is 9.73. The SMILES string of the molecule is C1=CCC(C2CCCC3C4C=CC=CC4[CH-]C23)=C1.C[C](C)=[Zr+2].[Cl-].[Cl-]. The molecule has 4 aliphatic rings. The van der Waals surface area contributed by atoms with Crippen molar-refractivity contribution < 1.29 is 49.0 Å². The molecule has 4 rings (SSSR count). The number of hydrogen-bond donors (Lipinski definition) is 0. The van der Waals surface area contributed by atoms with E-state index in [0.717, 1.165) is 29.6 Å². The fraction of sp³-hybridized carbons (Fsp3) is 0.524. The molecule has 0 saturated heterocycles. The standard InChI is InChI=1S/C18H21.C3H6.2ClH.Zr/c1-2-7-13(6-1)15-10-5-11-17-16-9-4-3-8-14(16)12-18(15)17;1-3-2;;;/h1-4,6,8-9,12,14-18H,5,7,10-11H2;1-2H3;2*1H;/q-1;;;;+2/p-2. The predicted molar refractivity (Wildman–Crippen MR) is 92.1 cm³/mol. The Balaban J connectivity index is 0.000000438. The zero-order valence-electron chi connectivity index (χ0n) is 14.6. The molecule has 0 spiro atoms. The zero-order valence-corrected chi connectivity index (χ0v) is 18.6. The average molecular weight is 442 g/mol. The van der Waals surface area contributed by atoms with Crippen molar-refractivity contribution in [3.8, 4) is 0 Å². The summed E-state index contributed by atoms with van der Waals surface area (Å²) in [6.45, 7) is 4.25. The Hall–Kier alpha value is 0.293. The maximum atomic E-state index is 2.68. The summed E-state index contributed by atoms with van der Waals surface area (Å²) in [5.41, 5.74) is 1.70. The Morgan fingerprint density at radius 1 is 1.08 bits per heavy atom. The fourth-order valence-electron chi connectivity index (χ4n) is 4.67. The number of fused-ring (bicyclic) bond motifs is 3. The molecule has 5 atom stereocenters. The van der Waals surface area contributed by atoms with Crippen LogP contribution in [0.3, 0.4) is 0 Å². The van der Waals surface area contributed by atoms with Gasteiger partial charge in [0.15, 0.2) is 0 Å². The van der Waals surface area contributed by atoms with Gasteiger partial charge in [0, 0.05) is 0 Å². The number of halogens is 2. The van der Waals surface area contributed by atoms with Crippen LogP contribution < -0.4 is 24.8 Å². The van der Waals surface area contributed by atoms with E-state index in [0.29, 0.717) is 0 Å². The summed E-state index contributed by atoms with van der Waals surface area (Å²) < 4.78 is 1.51. The molecule has 0 aliphatic heterocycles. The molecule has 0 N–H and O–H groups in total. The Morgan fingerprint density at radius 3 is 2.46 bits per heavy atom. The minimum Gasteiger partial charge on any atom is -1.00 e. The topological polar surface area (TPSA) is 0 Å². The molecular formula is C21H27Cl2Zr-. The van der Waals surface area contributed by atoms with Crippen LogP contribution in [0, 0.1) is 36.0 Å². The maximum Gasteiger partial charge on any atom is -1.00 e. The fourth-order valence-corrected chi connectivity index (χ4v) is 4.67. The van der Waals surface area contributed by atoms with E-state index in [2.05, 4.69) is 62.8 Å². The molecule has 24 heavy (non-hydrogen) atoms. The minimum absolute atomic E-state index is 0. The van der Waals surface area contributed by atoms with Gasteiger partial charge in [-0.2, -0.15) is 5.92 Å². The molecule has 0 heterocycles. The molecule has 0 amide bonds. The summed E-state index contributed by atoms with van der Waals surface area (Å²) in [5, 5.41) is 0. The van der Waals surface area contributed by atoms with Crippen molar-refractivity contribution >= 4 is 3.21 Å². The second-order valence-electron chi connectivity index (χ2n) is 7.27. The first-order valence-corrected chi connectivity index (χ1v) is 9.97. The van der Waals surface area contributed by atoms with E-state index in [1.54, 1.807) is 29.8 Å². The first-order chi connectivity index (χ1) is 10.7. The van der Waals surface area contributed by atoms with Crippen LogP contribution in [0.1, 0.15) is 39.5 Å². The Morgan fingerprint density at radius 2 is 1.79 bits per heavy atom. The average Bonchev–Trinajstić information content (AvgIpc) is 3.14. The monoisotopic (exact) mass is 439 g/mol. The number of hydrogen-bond acceptors (Lipinski definition) is 0. The van der Waals surface area contributed by atoms with Gasteiger partial charge in [-0.25, -0.2) is 0 Å². The van der Waals surface area contributed by atoms with Gasteiger partial charge in [0.2, 0.25) is 0 Å². The molecule has 0 aromatic carbocycles. The van der Waals surface area contributed by atoms with Crippen molar-refractivity contribution in [2.24, 2.45) is 29.6 Å². The van der Waals surface area contributed by atoms with Crippen LogP contribution in [-0.4, -0.2) is 3.21 Å². The largest absolute Gasteiger partial charge is 1.00 e. The van der Waals surface area contributed by atoms with Crippen molar-refractivity contribution in [2.45, 2.75) is 39.5 Å². The van der Waals surface area contributed by atoms with Crippen molar-refractivity contribution in [1.82, 2.24) is 0 Å². The van der Waals surface area contributed by atoms with Crippen LogP contribution in [0.15, 0.2) is 48.1 Å². The van der Waals surface area contributed by atoms with E-state index >= 15 is 0 Å². The van der Waals surface area contributed by atoms with Crippen molar-refractivity contribution in [3.05, 3.63) is 54.5 Å². The molecule has 2 fully saturated rings. The molecule has 2 saturated carbocycles. The molecule has 5 unspecified atom stereocenters. The van der Waals surface area contributed by atoms with Crippen molar-refractivity contribution in [2.75, 3.05) is 0 Å². The Bertz CT molecular complexity index is 540. The molecule has 3 heteroatoms. The molecule has 4 aliphatic carbocycles. The van der Waals surface area contributed by atoms with Crippen LogP contribution in [-0.2, 0) is 24.2 Å². The van der Waals surface area contributed by atoms with Gasteiger partial charge < -0.3 is 31.2 Å². The van der Waals surface area contributed by atoms with Crippen LogP contribution in [0.2, 0.25) is 0 Å². The third-order valence-electron chi connectivity index (χ3n) is 5.45. The molecule has 130 valence electrons. The van der Waals surface area contributed by atoms with Gasteiger partial charge in [-0.3, -0.25) is 0 Å². The minimum atomic E-state index is 0. The first kappa shape index (κ1) is 22.3. The van der Waals surface area contributed by atoms with Crippen LogP contribution in [0.4, 0.5) is 0 Å². The number of rotatable bonds is 1. The third kappa shape index (κ3) is 5.15. The van der Waals surface area contributed by atoms with Crippen LogP contribution >= 0.6 is 0 Å². The van der Waals surface area contributed by atoms with E-state index in [1.807, 2.05) is 0 Å². The summed E-state index contributed by atoms with van der Waals surface area (Å²) in [6.07, 6.45) is 24.5.